The van der Waals surface area contributed by atoms with E-state index in [1.165, 1.54) is 0 Å². The Bertz CT molecular complexity index is 703. The van der Waals surface area contributed by atoms with Gasteiger partial charge in [-0.2, -0.15) is 0 Å². The quantitative estimate of drug-likeness (QED) is 0.747. The van der Waals surface area contributed by atoms with Crippen LogP contribution in [0.1, 0.15) is 25.7 Å². The van der Waals surface area contributed by atoms with Crippen LogP contribution in [0.15, 0.2) is 35.2 Å². The van der Waals surface area contributed by atoms with Gasteiger partial charge >= 0.3 is 0 Å². The lowest BCUT2D eigenvalue weighted by Crippen LogP contribution is -2.53. The Balaban J connectivity index is 0.00000261. The number of carbonyl (C=O) groups excluding carboxylic acids is 1. The SMILES string of the molecule is Cl.NC(C(=O)N1CCC(NS(=O)(=O)c2ccccc2)CC1)C1CCOCC1. The molecule has 0 aliphatic carbocycles. The first-order chi connectivity index (χ1) is 12.5. The molecule has 1 aromatic carbocycles. The molecule has 9 heteroatoms. The summed E-state index contributed by atoms with van der Waals surface area (Å²) in [4.78, 5) is 14.7. The third kappa shape index (κ3) is 5.65. The van der Waals surface area contributed by atoms with Crippen LogP contribution in [-0.4, -0.2) is 57.6 Å². The van der Waals surface area contributed by atoms with Gasteiger partial charge in [0, 0.05) is 32.3 Å². The molecule has 2 heterocycles. The molecule has 0 spiro atoms. The van der Waals surface area contributed by atoms with E-state index in [1.54, 1.807) is 35.2 Å². The first-order valence-corrected chi connectivity index (χ1v) is 10.6. The largest absolute Gasteiger partial charge is 0.381 e. The average molecular weight is 418 g/mol. The van der Waals surface area contributed by atoms with Crippen molar-refractivity contribution in [3.8, 4) is 0 Å². The molecule has 0 saturated carbocycles. The predicted molar refractivity (Wildman–Crippen MR) is 105 cm³/mol. The van der Waals surface area contributed by atoms with Crippen molar-refractivity contribution in [1.82, 2.24) is 9.62 Å². The lowest BCUT2D eigenvalue weighted by molar-refractivity contribution is -0.135. The van der Waals surface area contributed by atoms with Crippen LogP contribution in [0.25, 0.3) is 0 Å². The van der Waals surface area contributed by atoms with Gasteiger partial charge in [-0.25, -0.2) is 13.1 Å². The monoisotopic (exact) mass is 417 g/mol. The van der Waals surface area contributed by atoms with Crippen molar-refractivity contribution in [1.29, 1.82) is 0 Å². The Kier molecular flexibility index (Phi) is 8.05. The first-order valence-electron chi connectivity index (χ1n) is 9.17. The summed E-state index contributed by atoms with van der Waals surface area (Å²) in [7, 11) is -3.52. The smallest absolute Gasteiger partial charge is 0.240 e. The summed E-state index contributed by atoms with van der Waals surface area (Å²) in [6, 6.07) is 7.69. The van der Waals surface area contributed by atoms with Gasteiger partial charge < -0.3 is 15.4 Å². The van der Waals surface area contributed by atoms with E-state index >= 15 is 0 Å². The van der Waals surface area contributed by atoms with Crippen molar-refractivity contribution in [2.24, 2.45) is 11.7 Å². The van der Waals surface area contributed by atoms with Crippen LogP contribution in [-0.2, 0) is 19.6 Å². The molecule has 0 radical (unpaired) electrons. The van der Waals surface area contributed by atoms with Gasteiger partial charge in [-0.3, -0.25) is 4.79 Å². The summed E-state index contributed by atoms with van der Waals surface area (Å²) >= 11 is 0. The van der Waals surface area contributed by atoms with Gasteiger partial charge in [0.15, 0.2) is 0 Å². The molecule has 1 atom stereocenters. The Morgan fingerprint density at radius 2 is 1.70 bits per heavy atom. The fourth-order valence-electron chi connectivity index (χ4n) is 3.59. The number of nitrogens with one attached hydrogen (secondary N) is 1. The fraction of sp³-hybridized carbons (Fsp3) is 0.611. The summed E-state index contributed by atoms with van der Waals surface area (Å²) in [5.74, 6) is 0.145. The van der Waals surface area contributed by atoms with Crippen LogP contribution in [0.4, 0.5) is 0 Å². The Labute approximate surface area is 167 Å². The standard InChI is InChI=1S/C18H27N3O4S.ClH/c19-17(14-8-12-25-13-9-14)18(22)21-10-6-15(7-11-21)20-26(23,24)16-4-2-1-3-5-16;/h1-5,14-15,17,20H,6-13,19H2;1H. The van der Waals surface area contributed by atoms with E-state index in [2.05, 4.69) is 4.72 Å². The summed E-state index contributed by atoms with van der Waals surface area (Å²) in [5.41, 5.74) is 6.18. The number of piperidine rings is 1. The van der Waals surface area contributed by atoms with Crippen LogP contribution >= 0.6 is 12.4 Å². The number of hydrogen-bond acceptors (Lipinski definition) is 5. The van der Waals surface area contributed by atoms with Crippen molar-refractivity contribution < 1.29 is 17.9 Å². The van der Waals surface area contributed by atoms with Gasteiger partial charge in [-0.05, 0) is 43.7 Å². The summed E-state index contributed by atoms with van der Waals surface area (Å²) in [5, 5.41) is 0. The van der Waals surface area contributed by atoms with E-state index in [0.717, 1.165) is 12.8 Å². The molecule has 1 aromatic rings. The molecule has 3 N–H and O–H groups in total. The van der Waals surface area contributed by atoms with Crippen LogP contribution in [0.3, 0.4) is 0 Å². The van der Waals surface area contributed by atoms with Gasteiger partial charge in [-0.15, -0.1) is 12.4 Å². The number of hydrogen-bond donors (Lipinski definition) is 2. The molecule has 1 unspecified atom stereocenters. The van der Waals surface area contributed by atoms with E-state index in [9.17, 15) is 13.2 Å². The molecule has 0 bridgehead atoms. The molecule has 7 nitrogen and oxygen atoms in total. The topological polar surface area (TPSA) is 102 Å². The molecule has 27 heavy (non-hydrogen) atoms. The molecule has 2 aliphatic rings. The number of ether oxygens (including phenoxy) is 1. The molecule has 2 saturated heterocycles. The Morgan fingerprint density at radius 1 is 1.11 bits per heavy atom. The highest BCUT2D eigenvalue weighted by Gasteiger charge is 2.32. The second kappa shape index (κ2) is 9.84. The number of carbonyl (C=O) groups is 1. The lowest BCUT2D eigenvalue weighted by Gasteiger charge is -2.36. The van der Waals surface area contributed by atoms with Crippen LogP contribution < -0.4 is 10.5 Å². The summed E-state index contributed by atoms with van der Waals surface area (Å²) in [6.07, 6.45) is 2.83. The molecule has 3 rings (SSSR count). The van der Waals surface area contributed by atoms with E-state index in [1.807, 2.05) is 0 Å². The number of nitrogens with zero attached hydrogens (tertiary/aromatic N) is 1. The zero-order valence-electron chi connectivity index (χ0n) is 15.2. The minimum atomic E-state index is -3.52. The number of sulfonamides is 1. The maximum absolute atomic E-state index is 12.6. The molecule has 2 aliphatic heterocycles. The van der Waals surface area contributed by atoms with E-state index in [4.69, 9.17) is 10.5 Å². The highest BCUT2D eigenvalue weighted by atomic mass is 35.5. The third-order valence-corrected chi connectivity index (χ3v) is 6.78. The van der Waals surface area contributed by atoms with Crippen LogP contribution in [0.5, 0.6) is 0 Å². The maximum atomic E-state index is 12.6. The van der Waals surface area contributed by atoms with Gasteiger partial charge in [0.2, 0.25) is 15.9 Å². The van der Waals surface area contributed by atoms with Gasteiger partial charge in [0.05, 0.1) is 10.9 Å². The van der Waals surface area contributed by atoms with E-state index in [-0.39, 0.29) is 35.2 Å². The Hall–Kier alpha value is -1.19. The molecule has 152 valence electrons. The second-order valence-electron chi connectivity index (χ2n) is 7.01. The number of likely N-dealkylation sites (tertiary alicyclic amines) is 1. The van der Waals surface area contributed by atoms with E-state index in [0.29, 0.717) is 39.1 Å². The maximum Gasteiger partial charge on any atom is 0.240 e. The van der Waals surface area contributed by atoms with Crippen molar-refractivity contribution in [3.05, 3.63) is 30.3 Å². The Morgan fingerprint density at radius 3 is 2.30 bits per heavy atom. The molecule has 0 aromatic heterocycles. The number of rotatable bonds is 5. The van der Waals surface area contributed by atoms with Crippen molar-refractivity contribution in [2.75, 3.05) is 26.3 Å². The van der Waals surface area contributed by atoms with Gasteiger partial charge in [0.1, 0.15) is 0 Å². The van der Waals surface area contributed by atoms with E-state index < -0.39 is 16.1 Å². The predicted octanol–water partition coefficient (Wildman–Crippen LogP) is 1.13. The highest BCUT2D eigenvalue weighted by Crippen LogP contribution is 2.21. The lowest BCUT2D eigenvalue weighted by atomic mass is 9.91. The summed E-state index contributed by atoms with van der Waals surface area (Å²) in [6.45, 7) is 2.37. The number of benzene rings is 1. The zero-order chi connectivity index (χ0) is 18.6. The number of halogens is 1. The van der Waals surface area contributed by atoms with Gasteiger partial charge in [0.25, 0.3) is 0 Å². The van der Waals surface area contributed by atoms with Crippen LogP contribution in [0, 0.1) is 5.92 Å². The number of amides is 1. The van der Waals surface area contributed by atoms with Crippen molar-refractivity contribution >= 4 is 28.3 Å². The highest BCUT2D eigenvalue weighted by molar-refractivity contribution is 7.89. The molecule has 2 fully saturated rings. The van der Waals surface area contributed by atoms with Crippen molar-refractivity contribution in [3.63, 3.8) is 0 Å². The molecular formula is C18H28ClN3O4S. The fourth-order valence-corrected chi connectivity index (χ4v) is 4.92. The van der Waals surface area contributed by atoms with Crippen LogP contribution in [0.2, 0.25) is 0 Å². The van der Waals surface area contributed by atoms with Crippen molar-refractivity contribution in [2.45, 2.75) is 42.7 Å². The first kappa shape index (κ1) is 22.1. The second-order valence-corrected chi connectivity index (χ2v) is 8.72. The molecular weight excluding hydrogens is 390 g/mol. The number of nitrogens with two attached hydrogens (primary N) is 1. The molecule has 1 amide bonds. The normalized spacial score (nSPS) is 20.7. The third-order valence-electron chi connectivity index (χ3n) is 5.24. The minimum Gasteiger partial charge on any atom is -0.381 e. The van der Waals surface area contributed by atoms with Gasteiger partial charge in [-0.1, -0.05) is 18.2 Å². The summed E-state index contributed by atoms with van der Waals surface area (Å²) < 4.78 is 32.9. The zero-order valence-corrected chi connectivity index (χ0v) is 16.9. The average Bonchev–Trinajstić information content (AvgIpc) is 2.68. The minimum absolute atomic E-state index is 0.